The quantitative estimate of drug-likeness (QED) is 0.819. The van der Waals surface area contributed by atoms with E-state index in [4.69, 9.17) is 0 Å². The Morgan fingerprint density at radius 1 is 1.21 bits per heavy atom. The molecular weight excluding hydrogens is 313 g/mol. The molecule has 1 N–H and O–H groups in total. The van der Waals surface area contributed by atoms with Gasteiger partial charge in [-0.2, -0.15) is 13.2 Å². The molecule has 0 amide bonds. The molecule has 0 aliphatic carbocycles. The van der Waals surface area contributed by atoms with E-state index in [0.717, 1.165) is 11.6 Å². The highest BCUT2D eigenvalue weighted by Gasteiger charge is 2.32. The lowest BCUT2D eigenvalue weighted by atomic mass is 10.0. The van der Waals surface area contributed by atoms with E-state index in [0.29, 0.717) is 6.42 Å². The summed E-state index contributed by atoms with van der Waals surface area (Å²) in [5.41, 5.74) is 0.481. The van der Waals surface area contributed by atoms with Crippen molar-refractivity contribution >= 4 is 0 Å². The molecule has 0 spiro atoms. The highest BCUT2D eigenvalue weighted by molar-refractivity contribution is 5.33. The summed E-state index contributed by atoms with van der Waals surface area (Å²) < 4.78 is 37.1. The van der Waals surface area contributed by atoms with Crippen LogP contribution in [0.3, 0.4) is 0 Å². The van der Waals surface area contributed by atoms with Crippen LogP contribution in [0.25, 0.3) is 0 Å². The van der Waals surface area contributed by atoms with E-state index in [9.17, 15) is 13.2 Å². The first-order valence-electron chi connectivity index (χ1n) is 8.79. The van der Waals surface area contributed by atoms with Crippen LogP contribution >= 0.6 is 0 Å². The van der Waals surface area contributed by atoms with Crippen molar-refractivity contribution in [3.05, 3.63) is 34.9 Å². The molecule has 24 heavy (non-hydrogen) atoms. The van der Waals surface area contributed by atoms with Crippen LogP contribution in [0, 0.1) is 6.92 Å². The van der Waals surface area contributed by atoms with Crippen molar-refractivity contribution < 1.29 is 13.2 Å². The molecule has 1 aromatic carbocycles. The van der Waals surface area contributed by atoms with Crippen molar-refractivity contribution in [2.75, 3.05) is 27.2 Å². The summed E-state index contributed by atoms with van der Waals surface area (Å²) in [4.78, 5) is 2.30. The molecule has 2 rings (SSSR count). The molecular formula is C19H33F3N2. The summed E-state index contributed by atoms with van der Waals surface area (Å²) in [6.45, 7) is 9.70. The molecule has 1 aliphatic heterocycles. The predicted molar refractivity (Wildman–Crippen MR) is 96.5 cm³/mol. The normalized spacial score (nSPS) is 17.5. The molecule has 1 saturated heterocycles. The van der Waals surface area contributed by atoms with Gasteiger partial charge in [-0.25, -0.2) is 0 Å². The van der Waals surface area contributed by atoms with Crippen LogP contribution in [0.4, 0.5) is 13.2 Å². The van der Waals surface area contributed by atoms with Gasteiger partial charge in [-0.1, -0.05) is 32.9 Å². The number of rotatable bonds is 2. The number of hydrogen-bond acceptors (Lipinski definition) is 2. The summed E-state index contributed by atoms with van der Waals surface area (Å²) in [6, 6.07) is 5.24. The minimum absolute atomic E-state index is 0.282. The highest BCUT2D eigenvalue weighted by Crippen LogP contribution is 2.32. The van der Waals surface area contributed by atoms with Gasteiger partial charge in [-0.3, -0.25) is 0 Å². The molecule has 0 radical (unpaired) electrons. The van der Waals surface area contributed by atoms with Crippen molar-refractivity contribution in [1.29, 1.82) is 0 Å². The number of hydrogen-bond donors (Lipinski definition) is 1. The molecule has 5 heteroatoms. The third-order valence-corrected chi connectivity index (χ3v) is 4.02. The van der Waals surface area contributed by atoms with E-state index in [2.05, 4.69) is 24.3 Å². The Bertz CT molecular complexity index is 450. The molecule has 140 valence electrons. The Balaban J connectivity index is 0.000000420. The smallest absolute Gasteiger partial charge is 0.315 e. The van der Waals surface area contributed by atoms with Gasteiger partial charge in [-0.05, 0) is 64.0 Å². The maximum absolute atomic E-state index is 12.4. The van der Waals surface area contributed by atoms with Gasteiger partial charge in [0.1, 0.15) is 0 Å². The SMILES string of the molecule is CC.CCc1ccc(C)c(C(F)(F)F)c1.CN(C)C1CCCNC1. The second kappa shape index (κ2) is 11.5. The van der Waals surface area contributed by atoms with E-state index < -0.39 is 11.7 Å². The summed E-state index contributed by atoms with van der Waals surface area (Å²) in [5.74, 6) is 0. The first-order chi connectivity index (χ1) is 11.3. The minimum Gasteiger partial charge on any atom is -0.315 e. The number of piperidine rings is 1. The van der Waals surface area contributed by atoms with Crippen LogP contribution in [-0.2, 0) is 12.6 Å². The molecule has 0 aromatic heterocycles. The number of aryl methyl sites for hydroxylation is 2. The third kappa shape index (κ3) is 8.15. The molecule has 0 bridgehead atoms. The highest BCUT2D eigenvalue weighted by atomic mass is 19.4. The number of likely N-dealkylation sites (N-methyl/N-ethyl adjacent to an activating group) is 1. The molecule has 1 unspecified atom stereocenters. The van der Waals surface area contributed by atoms with Gasteiger partial charge in [0.05, 0.1) is 5.56 Å². The Hall–Kier alpha value is -1.07. The zero-order chi connectivity index (χ0) is 18.8. The van der Waals surface area contributed by atoms with Crippen LogP contribution in [0.1, 0.15) is 50.3 Å². The van der Waals surface area contributed by atoms with Gasteiger partial charge in [0.25, 0.3) is 0 Å². The van der Waals surface area contributed by atoms with Crippen LogP contribution < -0.4 is 5.32 Å². The van der Waals surface area contributed by atoms with Crippen LogP contribution in [-0.4, -0.2) is 38.1 Å². The fourth-order valence-electron chi connectivity index (χ4n) is 2.47. The molecule has 1 aromatic rings. The molecule has 1 aliphatic rings. The lowest BCUT2D eigenvalue weighted by Gasteiger charge is -2.28. The Morgan fingerprint density at radius 2 is 1.83 bits per heavy atom. The lowest BCUT2D eigenvalue weighted by molar-refractivity contribution is -0.138. The molecule has 1 atom stereocenters. The number of halogens is 3. The average molecular weight is 346 g/mol. The fraction of sp³-hybridized carbons (Fsp3) is 0.684. The van der Waals surface area contributed by atoms with Crippen molar-refractivity contribution in [3.63, 3.8) is 0 Å². The van der Waals surface area contributed by atoms with Crippen LogP contribution in [0.15, 0.2) is 18.2 Å². The zero-order valence-electron chi connectivity index (χ0n) is 15.9. The van der Waals surface area contributed by atoms with Gasteiger partial charge in [0.2, 0.25) is 0 Å². The summed E-state index contributed by atoms with van der Waals surface area (Å²) in [6.07, 6.45) is -0.901. The van der Waals surface area contributed by atoms with Crippen molar-refractivity contribution in [2.45, 2.75) is 59.2 Å². The van der Waals surface area contributed by atoms with E-state index >= 15 is 0 Å². The maximum Gasteiger partial charge on any atom is 0.416 e. The number of nitrogens with zero attached hydrogens (tertiary/aromatic N) is 1. The summed E-state index contributed by atoms with van der Waals surface area (Å²) >= 11 is 0. The van der Waals surface area contributed by atoms with E-state index in [1.807, 2.05) is 20.8 Å². The molecule has 1 heterocycles. The Morgan fingerprint density at radius 3 is 2.21 bits per heavy atom. The van der Waals surface area contributed by atoms with E-state index in [1.165, 1.54) is 45.0 Å². The first-order valence-corrected chi connectivity index (χ1v) is 8.79. The Kier molecular flexibility index (Phi) is 11.0. The number of benzene rings is 1. The predicted octanol–water partition coefficient (Wildman–Crippen LogP) is 4.90. The standard InChI is InChI=1S/C10H11F3.C7H16N2.C2H6/c1-3-8-5-4-7(2)9(6-8)10(11,12)13;1-9(2)7-4-3-5-8-6-7;1-2/h4-6H,3H2,1-2H3;7-8H,3-6H2,1-2H3;1-2H3. The van der Waals surface area contributed by atoms with Gasteiger partial charge >= 0.3 is 6.18 Å². The second-order valence-electron chi connectivity index (χ2n) is 5.96. The maximum atomic E-state index is 12.4. The largest absolute Gasteiger partial charge is 0.416 e. The van der Waals surface area contributed by atoms with Crippen molar-refractivity contribution in [2.24, 2.45) is 0 Å². The van der Waals surface area contributed by atoms with E-state index in [-0.39, 0.29) is 5.56 Å². The molecule has 2 nitrogen and oxygen atoms in total. The fourth-order valence-corrected chi connectivity index (χ4v) is 2.47. The van der Waals surface area contributed by atoms with Gasteiger partial charge in [-0.15, -0.1) is 0 Å². The van der Waals surface area contributed by atoms with Gasteiger partial charge in [0.15, 0.2) is 0 Å². The van der Waals surface area contributed by atoms with Crippen molar-refractivity contribution in [3.8, 4) is 0 Å². The first kappa shape index (κ1) is 22.9. The minimum atomic E-state index is -4.23. The van der Waals surface area contributed by atoms with Crippen LogP contribution in [0.5, 0.6) is 0 Å². The lowest BCUT2D eigenvalue weighted by Crippen LogP contribution is -2.42. The van der Waals surface area contributed by atoms with Gasteiger partial charge in [0, 0.05) is 12.6 Å². The van der Waals surface area contributed by atoms with Crippen molar-refractivity contribution in [1.82, 2.24) is 10.2 Å². The average Bonchev–Trinajstić information content (AvgIpc) is 2.57. The number of nitrogens with one attached hydrogen (secondary N) is 1. The van der Waals surface area contributed by atoms with E-state index in [1.54, 1.807) is 6.07 Å². The topological polar surface area (TPSA) is 15.3 Å². The number of alkyl halides is 3. The molecule has 1 fully saturated rings. The third-order valence-electron chi connectivity index (χ3n) is 4.02. The zero-order valence-corrected chi connectivity index (χ0v) is 15.9. The van der Waals surface area contributed by atoms with Gasteiger partial charge < -0.3 is 10.2 Å². The summed E-state index contributed by atoms with van der Waals surface area (Å²) in [7, 11) is 4.30. The Labute approximate surface area is 145 Å². The molecule has 0 saturated carbocycles. The monoisotopic (exact) mass is 346 g/mol. The summed E-state index contributed by atoms with van der Waals surface area (Å²) in [5, 5.41) is 3.37. The second-order valence-corrected chi connectivity index (χ2v) is 5.96. The van der Waals surface area contributed by atoms with Crippen LogP contribution in [0.2, 0.25) is 0 Å².